The minimum absolute atomic E-state index is 0.172. The normalized spacial score (nSPS) is 23.8. The van der Waals surface area contributed by atoms with Crippen LogP contribution >= 0.6 is 0 Å². The molecule has 1 aliphatic rings. The highest BCUT2D eigenvalue weighted by Gasteiger charge is 2.17. The molecule has 0 aromatic rings. The zero-order valence-corrected chi connectivity index (χ0v) is 13.1. The van der Waals surface area contributed by atoms with Gasteiger partial charge in [0.05, 0.1) is 0 Å². The molecular formula is C17H29NO. The van der Waals surface area contributed by atoms with Gasteiger partial charge < -0.3 is 4.90 Å². The van der Waals surface area contributed by atoms with Gasteiger partial charge in [0, 0.05) is 20.0 Å². The molecule has 1 amide bonds. The Labute approximate surface area is 118 Å². The summed E-state index contributed by atoms with van der Waals surface area (Å²) in [4.78, 5) is 13.5. The first-order valence-electron chi connectivity index (χ1n) is 7.49. The molecule has 2 atom stereocenters. The fourth-order valence-corrected chi connectivity index (χ4v) is 2.72. The lowest BCUT2D eigenvalue weighted by Gasteiger charge is -2.25. The van der Waals surface area contributed by atoms with Gasteiger partial charge in [-0.25, -0.2) is 0 Å². The number of nitrogens with zero attached hydrogens (tertiary/aromatic N) is 1. The Kier molecular flexibility index (Phi) is 6.33. The Hall–Kier alpha value is -1.05. The van der Waals surface area contributed by atoms with Gasteiger partial charge in [-0.3, -0.25) is 4.79 Å². The summed E-state index contributed by atoms with van der Waals surface area (Å²) < 4.78 is 0. The largest absolute Gasteiger partial charge is 0.339 e. The van der Waals surface area contributed by atoms with E-state index < -0.39 is 0 Å². The summed E-state index contributed by atoms with van der Waals surface area (Å²) in [5, 5.41) is 0. The highest BCUT2D eigenvalue weighted by Crippen LogP contribution is 2.29. The second-order valence-electron chi connectivity index (χ2n) is 6.32. The maximum absolute atomic E-state index is 11.6. The SMILES string of the molecule is CC(=O)N(C/C=C/C1CCC(C)=CC1C)CC(C)C. The van der Waals surface area contributed by atoms with Crippen molar-refractivity contribution < 1.29 is 4.79 Å². The monoisotopic (exact) mass is 263 g/mol. The zero-order chi connectivity index (χ0) is 14.4. The fourth-order valence-electron chi connectivity index (χ4n) is 2.72. The third kappa shape index (κ3) is 5.63. The second-order valence-corrected chi connectivity index (χ2v) is 6.32. The molecule has 19 heavy (non-hydrogen) atoms. The van der Waals surface area contributed by atoms with E-state index in [2.05, 4.69) is 45.9 Å². The highest BCUT2D eigenvalue weighted by molar-refractivity contribution is 5.73. The summed E-state index contributed by atoms with van der Waals surface area (Å²) in [5.74, 6) is 1.96. The van der Waals surface area contributed by atoms with Crippen molar-refractivity contribution in [3.8, 4) is 0 Å². The molecule has 1 aliphatic carbocycles. The Morgan fingerprint density at radius 3 is 2.74 bits per heavy atom. The minimum atomic E-state index is 0.172. The van der Waals surface area contributed by atoms with E-state index in [1.54, 1.807) is 6.92 Å². The van der Waals surface area contributed by atoms with Crippen LogP contribution < -0.4 is 0 Å². The number of hydrogen-bond acceptors (Lipinski definition) is 1. The topological polar surface area (TPSA) is 20.3 Å². The lowest BCUT2D eigenvalue weighted by Crippen LogP contribution is -2.32. The molecule has 2 unspecified atom stereocenters. The number of carbonyl (C=O) groups is 1. The molecule has 0 radical (unpaired) electrons. The average molecular weight is 263 g/mol. The summed E-state index contributed by atoms with van der Waals surface area (Å²) in [6.07, 6.45) is 9.32. The molecule has 0 heterocycles. The van der Waals surface area contributed by atoms with Gasteiger partial charge in [-0.05, 0) is 37.5 Å². The van der Waals surface area contributed by atoms with Crippen LogP contribution in [-0.2, 0) is 4.79 Å². The van der Waals surface area contributed by atoms with Crippen molar-refractivity contribution >= 4 is 5.91 Å². The summed E-state index contributed by atoms with van der Waals surface area (Å²) in [7, 11) is 0. The Balaban J connectivity index is 2.50. The number of carbonyl (C=O) groups excluding carboxylic acids is 1. The van der Waals surface area contributed by atoms with Crippen molar-refractivity contribution in [2.45, 2.75) is 47.5 Å². The Morgan fingerprint density at radius 1 is 1.53 bits per heavy atom. The first-order chi connectivity index (χ1) is 8.90. The number of allylic oxidation sites excluding steroid dienone is 3. The maximum Gasteiger partial charge on any atom is 0.219 e. The summed E-state index contributed by atoms with van der Waals surface area (Å²) in [6, 6.07) is 0. The van der Waals surface area contributed by atoms with Crippen LogP contribution in [0.4, 0.5) is 0 Å². The van der Waals surface area contributed by atoms with E-state index in [-0.39, 0.29) is 5.91 Å². The predicted octanol–water partition coefficient (Wildman–Crippen LogP) is 4.04. The van der Waals surface area contributed by atoms with Crippen LogP contribution in [-0.4, -0.2) is 23.9 Å². The number of hydrogen-bond donors (Lipinski definition) is 0. The standard InChI is InChI=1S/C17H29NO/c1-13(2)12-18(16(5)19)10-6-7-17-9-8-14(3)11-15(17)4/h6-7,11,13,15,17H,8-10,12H2,1-5H3/b7-6+. The fraction of sp³-hybridized carbons (Fsp3) is 0.706. The molecule has 1 rings (SSSR count). The van der Waals surface area contributed by atoms with Gasteiger partial charge in [-0.15, -0.1) is 0 Å². The second kappa shape index (κ2) is 7.52. The molecule has 0 N–H and O–H groups in total. The van der Waals surface area contributed by atoms with Crippen molar-refractivity contribution in [1.29, 1.82) is 0 Å². The van der Waals surface area contributed by atoms with E-state index in [1.165, 1.54) is 18.4 Å². The van der Waals surface area contributed by atoms with Crippen molar-refractivity contribution in [3.63, 3.8) is 0 Å². The van der Waals surface area contributed by atoms with E-state index in [0.29, 0.717) is 17.8 Å². The molecular weight excluding hydrogens is 234 g/mol. The maximum atomic E-state index is 11.6. The molecule has 2 nitrogen and oxygen atoms in total. The van der Waals surface area contributed by atoms with Gasteiger partial charge in [-0.1, -0.05) is 44.6 Å². The third-order valence-electron chi connectivity index (χ3n) is 3.83. The van der Waals surface area contributed by atoms with Gasteiger partial charge >= 0.3 is 0 Å². The van der Waals surface area contributed by atoms with Gasteiger partial charge in [0.1, 0.15) is 0 Å². The molecule has 0 aromatic carbocycles. The minimum Gasteiger partial charge on any atom is -0.339 e. The van der Waals surface area contributed by atoms with Gasteiger partial charge in [0.15, 0.2) is 0 Å². The van der Waals surface area contributed by atoms with E-state index in [9.17, 15) is 4.79 Å². The smallest absolute Gasteiger partial charge is 0.219 e. The molecule has 0 saturated carbocycles. The number of rotatable bonds is 5. The molecule has 2 heteroatoms. The van der Waals surface area contributed by atoms with Crippen LogP contribution in [0.3, 0.4) is 0 Å². The van der Waals surface area contributed by atoms with Crippen LogP contribution in [0.1, 0.15) is 47.5 Å². The molecule has 0 spiro atoms. The van der Waals surface area contributed by atoms with Crippen LogP contribution in [0.25, 0.3) is 0 Å². The van der Waals surface area contributed by atoms with E-state index >= 15 is 0 Å². The quantitative estimate of drug-likeness (QED) is 0.686. The van der Waals surface area contributed by atoms with E-state index in [4.69, 9.17) is 0 Å². The molecule has 0 aromatic heterocycles. The first-order valence-corrected chi connectivity index (χ1v) is 7.49. The summed E-state index contributed by atoms with van der Waals surface area (Å²) in [6.45, 7) is 12.1. The van der Waals surface area contributed by atoms with Gasteiger partial charge in [0.25, 0.3) is 0 Å². The van der Waals surface area contributed by atoms with Crippen molar-refractivity contribution in [2.75, 3.05) is 13.1 Å². The summed E-state index contributed by atoms with van der Waals surface area (Å²) in [5.41, 5.74) is 1.52. The molecule has 0 fully saturated rings. The lowest BCUT2D eigenvalue weighted by atomic mass is 9.82. The van der Waals surface area contributed by atoms with Gasteiger partial charge in [0.2, 0.25) is 5.91 Å². The van der Waals surface area contributed by atoms with Crippen molar-refractivity contribution in [3.05, 3.63) is 23.8 Å². The summed E-state index contributed by atoms with van der Waals surface area (Å²) >= 11 is 0. The highest BCUT2D eigenvalue weighted by atomic mass is 16.2. The van der Waals surface area contributed by atoms with Crippen molar-refractivity contribution in [1.82, 2.24) is 4.90 Å². The lowest BCUT2D eigenvalue weighted by molar-refractivity contribution is -0.128. The van der Waals surface area contributed by atoms with Crippen LogP contribution in [0.2, 0.25) is 0 Å². The third-order valence-corrected chi connectivity index (χ3v) is 3.83. The first kappa shape index (κ1) is 16.0. The van der Waals surface area contributed by atoms with E-state index in [1.807, 2.05) is 4.90 Å². The van der Waals surface area contributed by atoms with Crippen LogP contribution in [0.15, 0.2) is 23.8 Å². The number of amides is 1. The Morgan fingerprint density at radius 2 is 2.21 bits per heavy atom. The van der Waals surface area contributed by atoms with Crippen molar-refractivity contribution in [2.24, 2.45) is 17.8 Å². The van der Waals surface area contributed by atoms with Crippen LogP contribution in [0, 0.1) is 17.8 Å². The van der Waals surface area contributed by atoms with Crippen LogP contribution in [0.5, 0.6) is 0 Å². The molecule has 0 bridgehead atoms. The molecule has 108 valence electrons. The average Bonchev–Trinajstić information content (AvgIpc) is 2.29. The van der Waals surface area contributed by atoms with Gasteiger partial charge in [-0.2, -0.15) is 0 Å². The zero-order valence-electron chi connectivity index (χ0n) is 13.1. The Bertz CT molecular complexity index is 354. The molecule has 0 aliphatic heterocycles. The van der Waals surface area contributed by atoms with E-state index in [0.717, 1.165) is 13.1 Å². The predicted molar refractivity (Wildman–Crippen MR) is 81.9 cm³/mol. The molecule has 0 saturated heterocycles.